The van der Waals surface area contributed by atoms with Crippen LogP contribution in [0.1, 0.15) is 46.4 Å². The van der Waals surface area contributed by atoms with Crippen LogP contribution in [-0.4, -0.2) is 37.0 Å². The minimum absolute atomic E-state index is 0.0866. The largest absolute Gasteiger partial charge is 0.493 e. The number of fused-ring (bicyclic) bond motifs is 2. The van der Waals surface area contributed by atoms with Crippen LogP contribution in [0.5, 0.6) is 11.5 Å². The van der Waals surface area contributed by atoms with Crippen molar-refractivity contribution < 1.29 is 19.1 Å². The topological polar surface area (TPSA) is 67.9 Å². The molecule has 2 amide bonds. The summed E-state index contributed by atoms with van der Waals surface area (Å²) in [5, 5.41) is 3.12. The summed E-state index contributed by atoms with van der Waals surface area (Å²) >= 11 is 0. The molecular formula is C22H24N2O4. The van der Waals surface area contributed by atoms with Crippen LogP contribution in [0.4, 0.5) is 0 Å². The first-order chi connectivity index (χ1) is 13.5. The second kappa shape index (κ2) is 7.19. The van der Waals surface area contributed by atoms with Crippen molar-refractivity contribution in [1.82, 2.24) is 10.2 Å². The molecule has 1 unspecified atom stereocenters. The average molecular weight is 380 g/mol. The van der Waals surface area contributed by atoms with Gasteiger partial charge in [-0.2, -0.15) is 0 Å². The zero-order valence-electron chi connectivity index (χ0n) is 16.3. The van der Waals surface area contributed by atoms with E-state index in [1.807, 2.05) is 36.4 Å². The van der Waals surface area contributed by atoms with Crippen molar-refractivity contribution in [3.8, 4) is 11.5 Å². The Morgan fingerprint density at radius 3 is 2.57 bits per heavy atom. The van der Waals surface area contributed by atoms with Gasteiger partial charge in [0.1, 0.15) is 6.04 Å². The maximum atomic E-state index is 12.9. The molecule has 6 nitrogen and oxygen atoms in total. The number of benzene rings is 2. The van der Waals surface area contributed by atoms with Gasteiger partial charge in [0.05, 0.1) is 20.3 Å². The molecule has 146 valence electrons. The summed E-state index contributed by atoms with van der Waals surface area (Å²) < 4.78 is 10.8. The number of amides is 2. The summed E-state index contributed by atoms with van der Waals surface area (Å²) in [4.78, 5) is 27.2. The van der Waals surface area contributed by atoms with E-state index in [1.54, 1.807) is 26.0 Å². The summed E-state index contributed by atoms with van der Waals surface area (Å²) in [7, 11) is 3.22. The Kier molecular flexibility index (Phi) is 4.71. The number of methoxy groups -OCH3 is 2. The van der Waals surface area contributed by atoms with Crippen LogP contribution < -0.4 is 14.8 Å². The van der Waals surface area contributed by atoms with Gasteiger partial charge in [-0.1, -0.05) is 18.2 Å². The standard InChI is InChI=1S/C22H24N2O4/c1-13(24-12-15-6-4-5-7-16(15)22(24)26)21(25)23-18-9-8-14-10-19(27-2)20(28-3)11-17(14)18/h4-7,10-11,13,18H,8-9,12H2,1-3H3,(H,23,25)/t13-,18?/m0/s1. The maximum absolute atomic E-state index is 12.9. The Bertz CT molecular complexity index is 940. The molecular weight excluding hydrogens is 356 g/mol. The summed E-state index contributed by atoms with van der Waals surface area (Å²) in [5.41, 5.74) is 3.86. The first-order valence-electron chi connectivity index (χ1n) is 9.47. The molecule has 2 atom stereocenters. The molecule has 1 aliphatic heterocycles. The molecule has 28 heavy (non-hydrogen) atoms. The molecule has 0 saturated carbocycles. The molecule has 1 heterocycles. The molecule has 1 N–H and O–H groups in total. The Hall–Kier alpha value is -3.02. The summed E-state index contributed by atoms with van der Waals surface area (Å²) in [6, 6.07) is 10.8. The van der Waals surface area contributed by atoms with E-state index >= 15 is 0 Å². The zero-order valence-corrected chi connectivity index (χ0v) is 16.3. The lowest BCUT2D eigenvalue weighted by molar-refractivity contribution is -0.126. The Balaban J connectivity index is 1.49. The highest BCUT2D eigenvalue weighted by atomic mass is 16.5. The van der Waals surface area contributed by atoms with E-state index in [-0.39, 0.29) is 17.9 Å². The lowest BCUT2D eigenvalue weighted by atomic mass is 10.1. The molecule has 0 bridgehead atoms. The predicted molar refractivity (Wildman–Crippen MR) is 105 cm³/mol. The Labute approximate surface area is 164 Å². The Morgan fingerprint density at radius 1 is 1.14 bits per heavy atom. The first kappa shape index (κ1) is 18.3. The Morgan fingerprint density at radius 2 is 1.86 bits per heavy atom. The summed E-state index contributed by atoms with van der Waals surface area (Å²) in [6.07, 6.45) is 1.68. The molecule has 0 spiro atoms. The third kappa shape index (κ3) is 2.99. The smallest absolute Gasteiger partial charge is 0.255 e. The molecule has 0 saturated heterocycles. The van der Waals surface area contributed by atoms with Gasteiger partial charge in [-0.3, -0.25) is 9.59 Å². The van der Waals surface area contributed by atoms with Gasteiger partial charge in [0.2, 0.25) is 5.91 Å². The van der Waals surface area contributed by atoms with Crippen LogP contribution in [0.15, 0.2) is 36.4 Å². The SMILES string of the molecule is COc1cc2c(cc1OC)C(NC(=O)[C@H](C)N1Cc3ccccc3C1=O)CC2. The van der Waals surface area contributed by atoms with Gasteiger partial charge in [-0.25, -0.2) is 0 Å². The predicted octanol–water partition coefficient (Wildman–Crippen LogP) is 2.85. The highest BCUT2D eigenvalue weighted by molar-refractivity contribution is 6.01. The van der Waals surface area contributed by atoms with Crippen LogP contribution in [0.2, 0.25) is 0 Å². The summed E-state index contributed by atoms with van der Waals surface area (Å²) in [5.74, 6) is 1.12. The van der Waals surface area contributed by atoms with Crippen LogP contribution in [0, 0.1) is 0 Å². The number of carbonyl (C=O) groups excluding carboxylic acids is 2. The molecule has 2 aromatic carbocycles. The molecule has 0 fully saturated rings. The number of nitrogens with one attached hydrogen (secondary N) is 1. The fourth-order valence-electron chi connectivity index (χ4n) is 4.11. The van der Waals surface area contributed by atoms with Gasteiger partial charge < -0.3 is 19.7 Å². The molecule has 4 rings (SSSR count). The van der Waals surface area contributed by atoms with Crippen molar-refractivity contribution in [2.45, 2.75) is 38.4 Å². The van der Waals surface area contributed by atoms with Gasteiger partial charge in [0.15, 0.2) is 11.5 Å². The normalized spacial score (nSPS) is 18.5. The van der Waals surface area contributed by atoms with E-state index in [0.717, 1.165) is 29.5 Å². The number of rotatable bonds is 5. The van der Waals surface area contributed by atoms with Crippen LogP contribution in [-0.2, 0) is 17.8 Å². The minimum Gasteiger partial charge on any atom is -0.493 e. The molecule has 2 aromatic rings. The third-order valence-electron chi connectivity index (χ3n) is 5.74. The third-order valence-corrected chi connectivity index (χ3v) is 5.74. The number of aryl methyl sites for hydroxylation is 1. The lowest BCUT2D eigenvalue weighted by Gasteiger charge is -2.25. The van der Waals surface area contributed by atoms with E-state index in [9.17, 15) is 9.59 Å². The highest BCUT2D eigenvalue weighted by Gasteiger charge is 2.35. The van der Waals surface area contributed by atoms with E-state index in [0.29, 0.717) is 23.6 Å². The number of nitrogens with zero attached hydrogens (tertiary/aromatic N) is 1. The molecule has 6 heteroatoms. The molecule has 0 aromatic heterocycles. The monoisotopic (exact) mass is 380 g/mol. The average Bonchev–Trinajstić information content (AvgIpc) is 3.27. The van der Waals surface area contributed by atoms with Gasteiger partial charge in [0, 0.05) is 12.1 Å². The fraction of sp³-hybridized carbons (Fsp3) is 0.364. The van der Waals surface area contributed by atoms with Gasteiger partial charge in [-0.05, 0) is 54.7 Å². The van der Waals surface area contributed by atoms with Crippen LogP contribution >= 0.6 is 0 Å². The van der Waals surface area contributed by atoms with Crippen molar-refractivity contribution in [2.24, 2.45) is 0 Å². The minimum atomic E-state index is -0.538. The molecule has 1 aliphatic carbocycles. The van der Waals surface area contributed by atoms with Crippen LogP contribution in [0.25, 0.3) is 0 Å². The van der Waals surface area contributed by atoms with Crippen molar-refractivity contribution in [3.05, 3.63) is 58.7 Å². The number of ether oxygens (including phenoxy) is 2. The number of hydrogen-bond donors (Lipinski definition) is 1. The van der Waals surface area contributed by atoms with Crippen LogP contribution in [0.3, 0.4) is 0 Å². The summed E-state index contributed by atoms with van der Waals surface area (Å²) in [6.45, 7) is 2.25. The second-order valence-electron chi connectivity index (χ2n) is 7.27. The van der Waals surface area contributed by atoms with Gasteiger partial charge >= 0.3 is 0 Å². The van der Waals surface area contributed by atoms with Crippen molar-refractivity contribution >= 4 is 11.8 Å². The fourth-order valence-corrected chi connectivity index (χ4v) is 4.11. The number of carbonyl (C=O) groups is 2. The zero-order chi connectivity index (χ0) is 19.8. The highest BCUT2D eigenvalue weighted by Crippen LogP contribution is 2.39. The second-order valence-corrected chi connectivity index (χ2v) is 7.27. The van der Waals surface area contributed by atoms with Crippen molar-refractivity contribution in [3.63, 3.8) is 0 Å². The van der Waals surface area contributed by atoms with E-state index in [1.165, 1.54) is 0 Å². The molecule has 0 radical (unpaired) electrons. The van der Waals surface area contributed by atoms with Gasteiger partial charge in [-0.15, -0.1) is 0 Å². The number of hydrogen-bond acceptors (Lipinski definition) is 4. The first-order valence-corrected chi connectivity index (χ1v) is 9.47. The quantitative estimate of drug-likeness (QED) is 0.866. The van der Waals surface area contributed by atoms with E-state index in [2.05, 4.69) is 5.32 Å². The van der Waals surface area contributed by atoms with E-state index in [4.69, 9.17) is 9.47 Å². The lowest BCUT2D eigenvalue weighted by Crippen LogP contribution is -2.46. The van der Waals surface area contributed by atoms with Crippen molar-refractivity contribution in [2.75, 3.05) is 14.2 Å². The van der Waals surface area contributed by atoms with Crippen molar-refractivity contribution in [1.29, 1.82) is 0 Å². The van der Waals surface area contributed by atoms with E-state index < -0.39 is 6.04 Å². The maximum Gasteiger partial charge on any atom is 0.255 e. The molecule has 2 aliphatic rings. The van der Waals surface area contributed by atoms with Gasteiger partial charge in [0.25, 0.3) is 5.91 Å².